The van der Waals surface area contributed by atoms with Gasteiger partial charge in [-0.15, -0.1) is 0 Å². The number of aryl methyl sites for hydroxylation is 1. The summed E-state index contributed by atoms with van der Waals surface area (Å²) in [4.78, 5) is 0. The van der Waals surface area contributed by atoms with Crippen LogP contribution in [0.3, 0.4) is 0 Å². The molecule has 4 heteroatoms. The molecule has 4 rings (SSSR count). The second-order valence-electron chi connectivity index (χ2n) is 6.17. The lowest BCUT2D eigenvalue weighted by Gasteiger charge is -2.18. The molecule has 0 spiro atoms. The van der Waals surface area contributed by atoms with Crippen LogP contribution >= 0.6 is 0 Å². The van der Waals surface area contributed by atoms with Crippen molar-refractivity contribution in [3.05, 3.63) is 71.9 Å². The highest BCUT2D eigenvalue weighted by atomic mass is 35.5. The highest BCUT2D eigenvalue weighted by Crippen LogP contribution is 2.31. The maximum absolute atomic E-state index is 4.79. The Bertz CT molecular complexity index is 904. The Morgan fingerprint density at radius 1 is 1.08 bits per heavy atom. The molecule has 1 aliphatic rings. The molecule has 3 aromatic rings. The lowest BCUT2D eigenvalue weighted by molar-refractivity contribution is -0.644. The van der Waals surface area contributed by atoms with Crippen molar-refractivity contribution in [2.75, 3.05) is 5.01 Å². The summed E-state index contributed by atoms with van der Waals surface area (Å²) < 4.78 is 2.14. The first kappa shape index (κ1) is 16.5. The van der Waals surface area contributed by atoms with Crippen molar-refractivity contribution in [3.8, 4) is 0 Å². The number of anilines is 1. The van der Waals surface area contributed by atoms with E-state index in [1.807, 2.05) is 6.21 Å². The molecule has 0 aliphatic carbocycles. The van der Waals surface area contributed by atoms with E-state index in [1.165, 1.54) is 22.2 Å². The fraction of sp³-hybridized carbons (Fsp3) is 0.200. The zero-order chi connectivity index (χ0) is 15.8. The summed E-state index contributed by atoms with van der Waals surface area (Å²) in [5.41, 5.74) is 4.96. The average molecular weight is 338 g/mol. The van der Waals surface area contributed by atoms with Gasteiger partial charge in [0.25, 0.3) is 0 Å². The number of para-hydroxylation sites is 2. The number of pyridine rings is 1. The van der Waals surface area contributed by atoms with Crippen LogP contribution in [0.5, 0.6) is 0 Å². The van der Waals surface area contributed by atoms with Gasteiger partial charge in [-0.1, -0.05) is 30.3 Å². The third-order valence-electron chi connectivity index (χ3n) is 4.57. The molecule has 3 nitrogen and oxygen atoms in total. The quantitative estimate of drug-likeness (QED) is 0.491. The first-order valence-corrected chi connectivity index (χ1v) is 8.02. The molecule has 2 heterocycles. The molecule has 1 aliphatic heterocycles. The van der Waals surface area contributed by atoms with Crippen molar-refractivity contribution in [2.45, 2.75) is 19.4 Å². The van der Waals surface area contributed by atoms with Crippen LogP contribution < -0.4 is 22.0 Å². The van der Waals surface area contributed by atoms with E-state index in [0.29, 0.717) is 6.04 Å². The largest absolute Gasteiger partial charge is 1.00 e. The molecule has 1 aromatic heterocycles. The van der Waals surface area contributed by atoms with E-state index in [9.17, 15) is 0 Å². The summed E-state index contributed by atoms with van der Waals surface area (Å²) in [5, 5.41) is 8.15. The number of hydrazone groups is 1. The minimum Gasteiger partial charge on any atom is -1.00 e. The number of benzene rings is 2. The van der Waals surface area contributed by atoms with E-state index in [0.717, 1.165) is 12.0 Å². The molecule has 0 saturated carbocycles. The van der Waals surface area contributed by atoms with E-state index >= 15 is 0 Å². The summed E-state index contributed by atoms with van der Waals surface area (Å²) >= 11 is 0. The van der Waals surface area contributed by atoms with Crippen LogP contribution in [0.15, 0.2) is 65.9 Å². The molecule has 24 heavy (non-hydrogen) atoms. The van der Waals surface area contributed by atoms with Crippen molar-refractivity contribution in [2.24, 2.45) is 12.1 Å². The van der Waals surface area contributed by atoms with Gasteiger partial charge in [0.15, 0.2) is 6.20 Å². The van der Waals surface area contributed by atoms with Crippen molar-refractivity contribution in [1.82, 2.24) is 0 Å². The van der Waals surface area contributed by atoms with E-state index < -0.39 is 0 Å². The van der Waals surface area contributed by atoms with E-state index in [-0.39, 0.29) is 12.4 Å². The lowest BCUT2D eigenvalue weighted by atomic mass is 10.1. The van der Waals surface area contributed by atoms with Gasteiger partial charge < -0.3 is 12.4 Å². The molecule has 0 saturated heterocycles. The van der Waals surface area contributed by atoms with Crippen LogP contribution in [0.4, 0.5) is 5.69 Å². The summed E-state index contributed by atoms with van der Waals surface area (Å²) in [6.45, 7) is 2.22. The molecule has 0 N–H and O–H groups in total. The van der Waals surface area contributed by atoms with Gasteiger partial charge in [-0.25, -0.2) is 4.57 Å². The summed E-state index contributed by atoms with van der Waals surface area (Å²) in [5.74, 6) is 0. The molecule has 0 fully saturated rings. The highest BCUT2D eigenvalue weighted by molar-refractivity contribution is 5.97. The Morgan fingerprint density at radius 3 is 2.71 bits per heavy atom. The van der Waals surface area contributed by atoms with E-state index in [4.69, 9.17) is 5.10 Å². The highest BCUT2D eigenvalue weighted by Gasteiger charge is 2.24. The minimum atomic E-state index is 0. The molecule has 1 atom stereocenters. The number of hydrogen-bond donors (Lipinski definition) is 0. The smallest absolute Gasteiger partial charge is 0.212 e. The Balaban J connectivity index is 0.00000169. The van der Waals surface area contributed by atoms with Gasteiger partial charge in [0.1, 0.15) is 7.05 Å². The van der Waals surface area contributed by atoms with Gasteiger partial charge in [0, 0.05) is 17.7 Å². The molecule has 0 bridgehead atoms. The fourth-order valence-corrected chi connectivity index (χ4v) is 3.35. The Morgan fingerprint density at radius 2 is 1.83 bits per heavy atom. The van der Waals surface area contributed by atoms with E-state index in [2.05, 4.69) is 84.3 Å². The van der Waals surface area contributed by atoms with Gasteiger partial charge >= 0.3 is 0 Å². The second kappa shape index (κ2) is 6.62. The van der Waals surface area contributed by atoms with Crippen LogP contribution in [0.2, 0.25) is 0 Å². The van der Waals surface area contributed by atoms with Crippen LogP contribution in [-0.4, -0.2) is 12.3 Å². The van der Waals surface area contributed by atoms with Crippen molar-refractivity contribution < 1.29 is 17.0 Å². The Hall–Kier alpha value is -2.39. The zero-order valence-corrected chi connectivity index (χ0v) is 14.6. The molecule has 122 valence electrons. The van der Waals surface area contributed by atoms with Gasteiger partial charge in [0.05, 0.1) is 23.3 Å². The molecule has 1 unspecified atom stereocenters. The van der Waals surface area contributed by atoms with Crippen molar-refractivity contribution in [3.63, 3.8) is 0 Å². The topological polar surface area (TPSA) is 19.5 Å². The van der Waals surface area contributed by atoms with Crippen LogP contribution in [-0.2, 0) is 13.5 Å². The predicted molar refractivity (Wildman–Crippen MR) is 94.8 cm³/mol. The summed E-state index contributed by atoms with van der Waals surface area (Å²) in [7, 11) is 2.07. The average Bonchev–Trinajstić information content (AvgIpc) is 2.90. The lowest BCUT2D eigenvalue weighted by Crippen LogP contribution is -3.00. The summed E-state index contributed by atoms with van der Waals surface area (Å²) in [6, 6.07) is 19.5. The standard InChI is InChI=1S/C20H20N3.ClH/c1-15-13-16-7-3-5-9-19(16)23(15)21-14-17-11-12-22(2)20-10-6-4-8-18(17)20;/h3-12,14-15H,13H2,1-2H3;1H/q+1;/p-1. The molecule has 0 radical (unpaired) electrons. The maximum Gasteiger partial charge on any atom is 0.212 e. The molecular formula is C20H20ClN3. The number of rotatable bonds is 2. The van der Waals surface area contributed by atoms with Gasteiger partial charge in [-0.3, -0.25) is 5.01 Å². The third-order valence-corrected chi connectivity index (χ3v) is 4.57. The molecular weight excluding hydrogens is 318 g/mol. The van der Waals surface area contributed by atoms with Gasteiger partial charge in [-0.2, -0.15) is 5.10 Å². The number of halogens is 1. The first-order valence-electron chi connectivity index (χ1n) is 8.02. The Kier molecular flexibility index (Phi) is 4.54. The number of aromatic nitrogens is 1. The van der Waals surface area contributed by atoms with Gasteiger partial charge in [-0.05, 0) is 31.0 Å². The predicted octanol–water partition coefficient (Wildman–Crippen LogP) is 0.453. The maximum atomic E-state index is 4.79. The number of fused-ring (bicyclic) bond motifs is 2. The van der Waals surface area contributed by atoms with Crippen molar-refractivity contribution >= 4 is 22.8 Å². The molecule has 0 amide bonds. The molecule has 2 aromatic carbocycles. The minimum absolute atomic E-state index is 0. The SMILES string of the molecule is CC1Cc2ccccc2N1N=Cc1cc[n+](C)c2ccccc12.[Cl-]. The van der Waals surface area contributed by atoms with Crippen molar-refractivity contribution in [1.29, 1.82) is 0 Å². The normalized spacial score (nSPS) is 16.4. The second-order valence-corrected chi connectivity index (χ2v) is 6.17. The van der Waals surface area contributed by atoms with Crippen LogP contribution in [0.25, 0.3) is 10.9 Å². The first-order chi connectivity index (χ1) is 11.2. The van der Waals surface area contributed by atoms with E-state index in [1.54, 1.807) is 0 Å². The Labute approximate surface area is 148 Å². The van der Waals surface area contributed by atoms with Crippen LogP contribution in [0, 0.1) is 0 Å². The number of hydrogen-bond acceptors (Lipinski definition) is 2. The zero-order valence-electron chi connectivity index (χ0n) is 13.9. The summed E-state index contributed by atoms with van der Waals surface area (Å²) in [6.07, 6.45) is 5.13. The fourth-order valence-electron chi connectivity index (χ4n) is 3.35. The monoisotopic (exact) mass is 337 g/mol. The third kappa shape index (κ3) is 2.76. The number of nitrogens with zero attached hydrogens (tertiary/aromatic N) is 3. The van der Waals surface area contributed by atoms with Gasteiger partial charge in [0.2, 0.25) is 5.52 Å². The van der Waals surface area contributed by atoms with Crippen LogP contribution in [0.1, 0.15) is 18.1 Å².